The Morgan fingerprint density at radius 1 is 1.22 bits per heavy atom. The monoisotopic (exact) mass is 334 g/mol. The Balaban J connectivity index is 1.77. The third-order valence-electron chi connectivity index (χ3n) is 4.04. The minimum absolute atomic E-state index is 0.0314. The van der Waals surface area contributed by atoms with Gasteiger partial charge in [-0.05, 0) is 43.5 Å². The maximum absolute atomic E-state index is 12.3. The molecule has 122 valence electrons. The molecule has 1 aliphatic carbocycles. The highest BCUT2D eigenvalue weighted by atomic mass is 32.2. The van der Waals surface area contributed by atoms with Crippen LogP contribution in [0.3, 0.4) is 0 Å². The van der Waals surface area contributed by atoms with Crippen molar-refractivity contribution in [2.45, 2.75) is 37.5 Å². The van der Waals surface area contributed by atoms with Crippen LogP contribution in [0.4, 0.5) is 5.82 Å². The maximum atomic E-state index is 12.3. The molecule has 0 spiro atoms. The van der Waals surface area contributed by atoms with E-state index in [4.69, 9.17) is 4.52 Å². The zero-order valence-electron chi connectivity index (χ0n) is 12.8. The van der Waals surface area contributed by atoms with E-state index in [-0.39, 0.29) is 16.6 Å². The molecule has 1 aromatic heterocycles. The van der Waals surface area contributed by atoms with Crippen molar-refractivity contribution < 1.29 is 17.7 Å². The Morgan fingerprint density at radius 3 is 2.61 bits per heavy atom. The summed E-state index contributed by atoms with van der Waals surface area (Å²) in [4.78, 5) is 12.5. The molecule has 23 heavy (non-hydrogen) atoms. The zero-order chi connectivity index (χ0) is 16.4. The molecule has 1 amide bonds. The maximum Gasteiger partial charge on any atom is 0.256 e. The summed E-state index contributed by atoms with van der Waals surface area (Å²) in [5.74, 6) is 1.02. The van der Waals surface area contributed by atoms with Gasteiger partial charge in [-0.25, -0.2) is 8.42 Å². The van der Waals surface area contributed by atoms with E-state index in [1.54, 1.807) is 6.92 Å². The molecular weight excluding hydrogens is 316 g/mol. The molecule has 7 heteroatoms. The second-order valence-electron chi connectivity index (χ2n) is 5.52. The minimum Gasteiger partial charge on any atom is -0.359 e. The average molecular weight is 334 g/mol. The topological polar surface area (TPSA) is 89.3 Å². The first-order valence-electron chi connectivity index (χ1n) is 7.63. The molecule has 0 aliphatic heterocycles. The smallest absolute Gasteiger partial charge is 0.256 e. The highest BCUT2D eigenvalue weighted by molar-refractivity contribution is 7.91. The van der Waals surface area contributed by atoms with Crippen molar-refractivity contribution in [3.05, 3.63) is 41.2 Å². The van der Waals surface area contributed by atoms with Gasteiger partial charge in [0.05, 0.1) is 10.6 Å². The second kappa shape index (κ2) is 6.16. The molecule has 0 atom stereocenters. The summed E-state index contributed by atoms with van der Waals surface area (Å²) < 4.78 is 28.8. The van der Waals surface area contributed by atoms with Crippen LogP contribution in [0.5, 0.6) is 0 Å². The van der Waals surface area contributed by atoms with Crippen LogP contribution in [0.1, 0.15) is 41.4 Å². The summed E-state index contributed by atoms with van der Waals surface area (Å²) in [7, 11) is -3.26. The zero-order valence-corrected chi connectivity index (χ0v) is 13.6. The summed E-state index contributed by atoms with van der Waals surface area (Å²) in [5.41, 5.74) is 1.35. The normalized spacial score (nSPS) is 14.3. The molecule has 0 radical (unpaired) electrons. The molecule has 0 saturated heterocycles. The number of carbonyl (C=O) groups excluding carboxylic acids is 1. The fourth-order valence-corrected chi connectivity index (χ4v) is 3.53. The van der Waals surface area contributed by atoms with E-state index in [1.165, 1.54) is 24.3 Å². The highest BCUT2D eigenvalue weighted by Crippen LogP contribution is 2.27. The summed E-state index contributed by atoms with van der Waals surface area (Å²) >= 11 is 0. The molecule has 0 saturated carbocycles. The fourth-order valence-electron chi connectivity index (χ4n) is 2.64. The van der Waals surface area contributed by atoms with E-state index >= 15 is 0 Å². The molecule has 6 nitrogen and oxygen atoms in total. The van der Waals surface area contributed by atoms with Crippen LogP contribution in [-0.2, 0) is 22.7 Å². The van der Waals surface area contributed by atoms with Crippen molar-refractivity contribution in [2.75, 3.05) is 11.1 Å². The van der Waals surface area contributed by atoms with Crippen molar-refractivity contribution >= 4 is 21.6 Å². The van der Waals surface area contributed by atoms with Gasteiger partial charge in [-0.3, -0.25) is 4.79 Å². The second-order valence-corrected chi connectivity index (χ2v) is 7.80. The molecule has 0 fully saturated rings. The molecule has 1 aromatic carbocycles. The van der Waals surface area contributed by atoms with Gasteiger partial charge in [0.15, 0.2) is 15.7 Å². The van der Waals surface area contributed by atoms with Gasteiger partial charge in [-0.15, -0.1) is 0 Å². The fraction of sp³-hybridized carbons (Fsp3) is 0.375. The van der Waals surface area contributed by atoms with E-state index in [9.17, 15) is 13.2 Å². The van der Waals surface area contributed by atoms with Gasteiger partial charge in [-0.2, -0.15) is 0 Å². The molecule has 1 aliphatic rings. The molecule has 1 N–H and O–H groups in total. The van der Waals surface area contributed by atoms with E-state index in [2.05, 4.69) is 10.5 Å². The highest BCUT2D eigenvalue weighted by Gasteiger charge is 2.21. The van der Waals surface area contributed by atoms with Gasteiger partial charge in [0.2, 0.25) is 0 Å². The van der Waals surface area contributed by atoms with Gasteiger partial charge in [0, 0.05) is 17.5 Å². The Morgan fingerprint density at radius 2 is 1.91 bits per heavy atom. The van der Waals surface area contributed by atoms with E-state index in [1.807, 2.05) is 0 Å². The summed E-state index contributed by atoms with van der Waals surface area (Å²) in [5, 5.41) is 6.68. The SMILES string of the molecule is CCS(=O)(=O)c1ccc(C(=O)Nc2noc3c2CCCC3)cc1. The van der Waals surface area contributed by atoms with Crippen molar-refractivity contribution in [1.82, 2.24) is 5.16 Å². The summed E-state index contributed by atoms with van der Waals surface area (Å²) in [6.07, 6.45) is 3.83. The van der Waals surface area contributed by atoms with Crippen LogP contribution in [0, 0.1) is 0 Å². The van der Waals surface area contributed by atoms with Crippen LogP contribution in [0.2, 0.25) is 0 Å². The lowest BCUT2D eigenvalue weighted by molar-refractivity contribution is 0.102. The lowest BCUT2D eigenvalue weighted by atomic mass is 9.98. The van der Waals surface area contributed by atoms with E-state index in [0.29, 0.717) is 11.4 Å². The number of hydrogen-bond acceptors (Lipinski definition) is 5. The number of anilines is 1. The number of aromatic nitrogens is 1. The Kier molecular flexibility index (Phi) is 4.21. The van der Waals surface area contributed by atoms with E-state index in [0.717, 1.165) is 37.0 Å². The average Bonchev–Trinajstić information content (AvgIpc) is 2.98. The summed E-state index contributed by atoms with van der Waals surface area (Å²) in [6.45, 7) is 1.59. The quantitative estimate of drug-likeness (QED) is 0.928. The lowest BCUT2D eigenvalue weighted by Crippen LogP contribution is -2.14. The van der Waals surface area contributed by atoms with Crippen LogP contribution in [0.15, 0.2) is 33.7 Å². The van der Waals surface area contributed by atoms with Crippen molar-refractivity contribution in [3.8, 4) is 0 Å². The molecular formula is C16H18N2O4S. The van der Waals surface area contributed by atoms with Crippen LogP contribution < -0.4 is 5.32 Å². The number of nitrogens with one attached hydrogen (secondary N) is 1. The van der Waals surface area contributed by atoms with Crippen LogP contribution in [-0.4, -0.2) is 25.2 Å². The first-order valence-corrected chi connectivity index (χ1v) is 9.28. The van der Waals surface area contributed by atoms with Gasteiger partial charge in [0.1, 0.15) is 5.76 Å². The first-order chi connectivity index (χ1) is 11.0. The van der Waals surface area contributed by atoms with E-state index < -0.39 is 9.84 Å². The Hall–Kier alpha value is -2.15. The van der Waals surface area contributed by atoms with Gasteiger partial charge in [0.25, 0.3) is 5.91 Å². The number of carbonyl (C=O) groups is 1. The van der Waals surface area contributed by atoms with Gasteiger partial charge in [-0.1, -0.05) is 12.1 Å². The predicted molar refractivity (Wildman–Crippen MR) is 85.3 cm³/mol. The van der Waals surface area contributed by atoms with Crippen molar-refractivity contribution in [2.24, 2.45) is 0 Å². The molecule has 0 unspecified atom stereocenters. The van der Waals surface area contributed by atoms with Crippen molar-refractivity contribution in [3.63, 3.8) is 0 Å². The number of amides is 1. The molecule has 3 rings (SSSR count). The number of aryl methyl sites for hydroxylation is 1. The third kappa shape index (κ3) is 3.14. The number of sulfone groups is 1. The van der Waals surface area contributed by atoms with Crippen molar-refractivity contribution in [1.29, 1.82) is 0 Å². The Bertz CT molecular complexity index is 822. The standard InChI is InChI=1S/C16H18N2O4S/c1-2-23(20,21)12-9-7-11(8-10-12)16(19)17-15-13-5-3-4-6-14(13)22-18-15/h7-10H,2-6H2,1H3,(H,17,18,19). The molecule has 0 bridgehead atoms. The molecule has 1 heterocycles. The molecule has 2 aromatic rings. The minimum atomic E-state index is -3.26. The van der Waals surface area contributed by atoms with Gasteiger partial charge < -0.3 is 9.84 Å². The number of nitrogens with zero attached hydrogens (tertiary/aromatic N) is 1. The third-order valence-corrected chi connectivity index (χ3v) is 5.79. The predicted octanol–water partition coefficient (Wildman–Crippen LogP) is 2.60. The number of rotatable bonds is 4. The lowest BCUT2D eigenvalue weighted by Gasteiger charge is -2.09. The van der Waals surface area contributed by atoms with Crippen LogP contribution in [0.25, 0.3) is 0 Å². The number of benzene rings is 1. The number of hydrogen-bond donors (Lipinski definition) is 1. The summed E-state index contributed by atoms with van der Waals surface area (Å²) in [6, 6.07) is 5.91. The first kappa shape index (κ1) is 15.7. The van der Waals surface area contributed by atoms with Gasteiger partial charge >= 0.3 is 0 Å². The largest absolute Gasteiger partial charge is 0.359 e. The van der Waals surface area contributed by atoms with Crippen LogP contribution >= 0.6 is 0 Å². The number of fused-ring (bicyclic) bond motifs is 1. The Labute approximate surface area is 134 Å².